The molecule has 3 aliphatic rings. The minimum atomic E-state index is 0.0254. The van der Waals surface area contributed by atoms with Gasteiger partial charge in [-0.15, -0.1) is 11.3 Å². The van der Waals surface area contributed by atoms with Crippen LogP contribution < -0.4 is 10.1 Å². The molecule has 4 heterocycles. The first-order valence-electron chi connectivity index (χ1n) is 13.6. The molecule has 0 unspecified atom stereocenters. The lowest BCUT2D eigenvalue weighted by Crippen LogP contribution is -2.46. The van der Waals surface area contributed by atoms with Gasteiger partial charge in [-0.2, -0.15) is 10.1 Å². The number of rotatable bonds is 10. The molecule has 10 nitrogen and oxygen atoms in total. The van der Waals surface area contributed by atoms with Gasteiger partial charge in [-0.05, 0) is 50.5 Å². The van der Waals surface area contributed by atoms with E-state index in [1.165, 1.54) is 16.9 Å². The monoisotopic (exact) mass is 528 g/mol. The highest BCUT2D eigenvalue weighted by Gasteiger charge is 2.30. The summed E-state index contributed by atoms with van der Waals surface area (Å²) in [5.41, 5.74) is 1.38. The Morgan fingerprint density at radius 3 is 2.81 bits per heavy atom. The molecule has 2 aliphatic carbocycles. The van der Waals surface area contributed by atoms with E-state index in [0.29, 0.717) is 37.6 Å². The smallest absolute Gasteiger partial charge is 0.233 e. The molecule has 6 rings (SSSR count). The summed E-state index contributed by atoms with van der Waals surface area (Å²) < 4.78 is 19.3. The van der Waals surface area contributed by atoms with Gasteiger partial charge in [0.05, 0.1) is 45.0 Å². The van der Waals surface area contributed by atoms with E-state index in [0.717, 1.165) is 80.9 Å². The Kier molecular flexibility index (Phi) is 7.84. The topological polar surface area (TPSA) is 107 Å². The van der Waals surface area contributed by atoms with E-state index in [4.69, 9.17) is 29.3 Å². The molecule has 1 aliphatic heterocycles. The van der Waals surface area contributed by atoms with Crippen LogP contribution in [0.3, 0.4) is 0 Å². The highest BCUT2D eigenvalue weighted by molar-refractivity contribution is 7.19. The minimum absolute atomic E-state index is 0.0254. The predicted octanol–water partition coefficient (Wildman–Crippen LogP) is 3.15. The molecule has 0 atom stereocenters. The maximum atomic E-state index is 8.85. The van der Waals surface area contributed by atoms with E-state index < -0.39 is 0 Å². The lowest BCUT2D eigenvalue weighted by Gasteiger charge is -2.38. The number of ether oxygens (including phenoxy) is 3. The molecule has 37 heavy (non-hydrogen) atoms. The SMILES string of the molecule is OCCOCCn1ccc(Nc2nc(OC3CCC(N4CCOCC4)CC3)c3c4c(sc3n2)CCC4)n1. The molecule has 0 radical (unpaired) electrons. The van der Waals surface area contributed by atoms with Crippen LogP contribution in [0, 0.1) is 0 Å². The zero-order valence-electron chi connectivity index (χ0n) is 21.2. The second kappa shape index (κ2) is 11.6. The van der Waals surface area contributed by atoms with Gasteiger partial charge in [-0.25, -0.2) is 4.98 Å². The maximum absolute atomic E-state index is 8.85. The third-order valence-corrected chi connectivity index (χ3v) is 8.78. The average molecular weight is 529 g/mol. The Labute approximate surface area is 220 Å². The van der Waals surface area contributed by atoms with E-state index in [9.17, 15) is 0 Å². The lowest BCUT2D eigenvalue weighted by atomic mass is 9.91. The highest BCUT2D eigenvalue weighted by Crippen LogP contribution is 2.42. The number of aryl methyl sites for hydroxylation is 2. The van der Waals surface area contributed by atoms with Gasteiger partial charge in [-0.1, -0.05) is 0 Å². The van der Waals surface area contributed by atoms with Gasteiger partial charge in [0, 0.05) is 36.3 Å². The summed E-state index contributed by atoms with van der Waals surface area (Å²) >= 11 is 1.78. The quantitative estimate of drug-likeness (QED) is 0.384. The molecular weight excluding hydrogens is 492 g/mol. The summed E-state index contributed by atoms with van der Waals surface area (Å²) in [4.78, 5) is 14.7. The number of nitrogens with one attached hydrogen (secondary N) is 1. The number of anilines is 2. The summed E-state index contributed by atoms with van der Waals surface area (Å²) in [5, 5.41) is 17.8. The fourth-order valence-corrected chi connectivity index (χ4v) is 6.98. The largest absolute Gasteiger partial charge is 0.474 e. The minimum Gasteiger partial charge on any atom is -0.474 e. The molecule has 1 saturated carbocycles. The average Bonchev–Trinajstić information content (AvgIpc) is 3.64. The standard InChI is InChI=1S/C26H36N6O4S/c33-13-17-35-16-12-32-9-8-22(30-32)27-26-28-24(23-20-2-1-3-21(20)37-25(23)29-26)36-19-6-4-18(5-7-19)31-10-14-34-15-11-31/h8-9,18-19,33H,1-7,10-17H2,(H,27,28,29,30). The number of hydrogen-bond donors (Lipinski definition) is 2. The van der Waals surface area contributed by atoms with Crippen LogP contribution in [0.4, 0.5) is 11.8 Å². The van der Waals surface area contributed by atoms with Crippen LogP contribution in [0.1, 0.15) is 42.5 Å². The number of thiophene rings is 1. The van der Waals surface area contributed by atoms with Crippen molar-refractivity contribution in [1.82, 2.24) is 24.6 Å². The predicted molar refractivity (Wildman–Crippen MR) is 142 cm³/mol. The highest BCUT2D eigenvalue weighted by atomic mass is 32.1. The fraction of sp³-hybridized carbons (Fsp3) is 0.654. The van der Waals surface area contributed by atoms with Crippen LogP contribution in [0.15, 0.2) is 12.3 Å². The number of hydrogen-bond acceptors (Lipinski definition) is 10. The van der Waals surface area contributed by atoms with Crippen molar-refractivity contribution in [3.05, 3.63) is 22.7 Å². The van der Waals surface area contributed by atoms with Gasteiger partial charge in [0.1, 0.15) is 10.9 Å². The molecule has 3 aromatic rings. The number of aromatic nitrogens is 4. The van der Waals surface area contributed by atoms with Crippen LogP contribution in [-0.2, 0) is 28.9 Å². The summed E-state index contributed by atoms with van der Waals surface area (Å²) in [5.74, 6) is 1.92. The Balaban J connectivity index is 1.16. The number of fused-ring (bicyclic) bond motifs is 3. The molecule has 2 N–H and O–H groups in total. The molecule has 200 valence electrons. The molecule has 0 amide bonds. The fourth-order valence-electron chi connectivity index (χ4n) is 5.72. The van der Waals surface area contributed by atoms with Crippen LogP contribution in [0.5, 0.6) is 5.88 Å². The van der Waals surface area contributed by atoms with Crippen molar-refractivity contribution in [2.75, 3.05) is 51.4 Å². The molecule has 2 fully saturated rings. The van der Waals surface area contributed by atoms with Gasteiger partial charge in [0.2, 0.25) is 11.8 Å². The number of morpholine rings is 1. The van der Waals surface area contributed by atoms with Crippen LogP contribution in [0.25, 0.3) is 10.2 Å². The van der Waals surface area contributed by atoms with Gasteiger partial charge in [0.25, 0.3) is 0 Å². The van der Waals surface area contributed by atoms with Gasteiger partial charge in [-0.3, -0.25) is 9.58 Å². The van der Waals surface area contributed by atoms with Crippen molar-refractivity contribution in [3.63, 3.8) is 0 Å². The van der Waals surface area contributed by atoms with Crippen LogP contribution in [-0.4, -0.2) is 88.0 Å². The zero-order chi connectivity index (χ0) is 25.0. The van der Waals surface area contributed by atoms with Gasteiger partial charge < -0.3 is 24.6 Å². The molecule has 0 bridgehead atoms. The summed E-state index contributed by atoms with van der Waals surface area (Å²) in [6.07, 6.45) is 9.87. The van der Waals surface area contributed by atoms with Crippen molar-refractivity contribution in [3.8, 4) is 5.88 Å². The second-order valence-electron chi connectivity index (χ2n) is 10.0. The van der Waals surface area contributed by atoms with Gasteiger partial charge in [0.15, 0.2) is 5.82 Å². The first-order valence-corrected chi connectivity index (χ1v) is 14.4. The Morgan fingerprint density at radius 2 is 1.97 bits per heavy atom. The zero-order valence-corrected chi connectivity index (χ0v) is 22.0. The lowest BCUT2D eigenvalue weighted by molar-refractivity contribution is -0.00124. The van der Waals surface area contributed by atoms with E-state index >= 15 is 0 Å². The van der Waals surface area contributed by atoms with Crippen LogP contribution >= 0.6 is 11.3 Å². The Morgan fingerprint density at radius 1 is 1.11 bits per heavy atom. The van der Waals surface area contributed by atoms with E-state index in [-0.39, 0.29) is 12.7 Å². The molecule has 0 spiro atoms. The first-order chi connectivity index (χ1) is 18.3. The van der Waals surface area contributed by atoms with Crippen LogP contribution in [0.2, 0.25) is 0 Å². The van der Waals surface area contributed by atoms with E-state index in [1.54, 1.807) is 11.3 Å². The van der Waals surface area contributed by atoms with Crippen molar-refractivity contribution in [2.45, 2.75) is 63.6 Å². The molecular formula is C26H36N6O4S. The third kappa shape index (κ3) is 5.75. The van der Waals surface area contributed by atoms with Gasteiger partial charge >= 0.3 is 0 Å². The Bertz CT molecular complexity index is 1190. The van der Waals surface area contributed by atoms with Crippen molar-refractivity contribution in [1.29, 1.82) is 0 Å². The molecule has 0 aromatic carbocycles. The van der Waals surface area contributed by atoms with E-state index in [1.807, 2.05) is 16.9 Å². The maximum Gasteiger partial charge on any atom is 0.233 e. The summed E-state index contributed by atoms with van der Waals surface area (Å²) in [7, 11) is 0. The molecule has 1 saturated heterocycles. The number of aliphatic hydroxyl groups is 1. The second-order valence-corrected chi connectivity index (χ2v) is 11.1. The Hall–Kier alpha value is -2.31. The van der Waals surface area contributed by atoms with E-state index in [2.05, 4.69) is 15.3 Å². The van der Waals surface area contributed by atoms with Crippen molar-refractivity contribution < 1.29 is 19.3 Å². The molecule has 11 heteroatoms. The molecule has 3 aromatic heterocycles. The normalized spacial score (nSPS) is 22.4. The number of aliphatic hydroxyl groups excluding tert-OH is 1. The van der Waals surface area contributed by atoms with Crippen molar-refractivity contribution in [2.24, 2.45) is 0 Å². The summed E-state index contributed by atoms with van der Waals surface area (Å²) in [6, 6.07) is 2.54. The first kappa shape index (κ1) is 25.0. The van der Waals surface area contributed by atoms with Crippen molar-refractivity contribution >= 4 is 33.3 Å². The summed E-state index contributed by atoms with van der Waals surface area (Å²) in [6.45, 7) is 5.26. The number of nitrogens with zero attached hydrogens (tertiary/aromatic N) is 5. The third-order valence-electron chi connectivity index (χ3n) is 7.60.